The zero-order valence-electron chi connectivity index (χ0n) is 17.3. The van der Waals surface area contributed by atoms with Gasteiger partial charge in [-0.2, -0.15) is 5.10 Å². The van der Waals surface area contributed by atoms with E-state index in [1.54, 1.807) is 7.11 Å². The predicted octanol–water partition coefficient (Wildman–Crippen LogP) is 4.22. The number of methoxy groups -OCH3 is 1. The summed E-state index contributed by atoms with van der Waals surface area (Å²) in [7, 11) is 3.63. The van der Waals surface area contributed by atoms with Crippen LogP contribution in [-0.4, -0.2) is 31.9 Å². The number of anilines is 1. The molecule has 3 heterocycles. The molecule has 0 amide bonds. The van der Waals surface area contributed by atoms with E-state index >= 15 is 0 Å². The second kappa shape index (κ2) is 7.33. The summed E-state index contributed by atoms with van der Waals surface area (Å²) in [5.41, 5.74) is 7.74. The van der Waals surface area contributed by atoms with E-state index in [2.05, 4.69) is 45.0 Å². The number of hydrogen-bond donors (Lipinski definition) is 1. The molecule has 0 spiro atoms. The van der Waals surface area contributed by atoms with E-state index in [-0.39, 0.29) is 6.04 Å². The van der Waals surface area contributed by atoms with Crippen molar-refractivity contribution in [3.8, 4) is 28.1 Å². The maximum Gasteiger partial charge on any atom is 0.120 e. The van der Waals surface area contributed by atoms with Gasteiger partial charge in [-0.15, -0.1) is 5.10 Å². The Bertz CT molecular complexity index is 1210. The van der Waals surface area contributed by atoms with Gasteiger partial charge < -0.3 is 10.1 Å². The Kier molecular flexibility index (Phi) is 4.50. The van der Waals surface area contributed by atoms with Crippen molar-refractivity contribution < 1.29 is 4.74 Å². The van der Waals surface area contributed by atoms with E-state index in [4.69, 9.17) is 4.74 Å². The van der Waals surface area contributed by atoms with Crippen LogP contribution in [0.1, 0.15) is 23.7 Å². The summed E-state index contributed by atoms with van der Waals surface area (Å²) in [4.78, 5) is 0. The van der Waals surface area contributed by atoms with Gasteiger partial charge in [0.25, 0.3) is 0 Å². The van der Waals surface area contributed by atoms with Crippen LogP contribution in [0, 0.1) is 6.92 Å². The fraction of sp³-hybridized carbons (Fsp3) is 0.261. The van der Waals surface area contributed by atoms with Crippen LogP contribution in [0.4, 0.5) is 5.69 Å². The molecule has 0 fully saturated rings. The molecule has 4 aromatic rings. The third-order valence-corrected chi connectivity index (χ3v) is 5.66. The Hall–Kier alpha value is -3.61. The molecule has 1 aliphatic heterocycles. The van der Waals surface area contributed by atoms with Gasteiger partial charge in [-0.05, 0) is 42.7 Å². The first-order valence-corrected chi connectivity index (χ1v) is 10.1. The van der Waals surface area contributed by atoms with Crippen LogP contribution in [0.5, 0.6) is 5.75 Å². The van der Waals surface area contributed by atoms with Crippen LogP contribution >= 0.6 is 0 Å². The van der Waals surface area contributed by atoms with Crippen LogP contribution in [0.2, 0.25) is 0 Å². The lowest BCUT2D eigenvalue weighted by Gasteiger charge is -2.21. The molecule has 2 aromatic heterocycles. The highest BCUT2D eigenvalue weighted by atomic mass is 16.5. The molecule has 0 radical (unpaired) electrons. The van der Waals surface area contributed by atoms with Crippen molar-refractivity contribution in [3.63, 3.8) is 0 Å². The first kappa shape index (κ1) is 18.4. The minimum absolute atomic E-state index is 0.129. The molecule has 0 saturated heterocycles. The van der Waals surface area contributed by atoms with Gasteiger partial charge >= 0.3 is 0 Å². The number of nitrogens with one attached hydrogen (secondary N) is 1. The Morgan fingerprint density at radius 3 is 2.83 bits per heavy atom. The summed E-state index contributed by atoms with van der Waals surface area (Å²) in [6.45, 7) is 2.82. The quantitative estimate of drug-likeness (QED) is 0.555. The van der Waals surface area contributed by atoms with Crippen molar-refractivity contribution in [1.82, 2.24) is 24.8 Å². The Morgan fingerprint density at radius 1 is 1.13 bits per heavy atom. The van der Waals surface area contributed by atoms with Gasteiger partial charge in [0.1, 0.15) is 5.75 Å². The molecule has 0 saturated carbocycles. The van der Waals surface area contributed by atoms with E-state index in [1.807, 2.05) is 53.9 Å². The van der Waals surface area contributed by atoms with Crippen molar-refractivity contribution in [2.75, 3.05) is 12.4 Å². The van der Waals surface area contributed by atoms with Crippen LogP contribution in [-0.2, 0) is 13.6 Å². The number of hydrogen-bond acceptors (Lipinski definition) is 5. The van der Waals surface area contributed by atoms with E-state index < -0.39 is 0 Å². The highest BCUT2D eigenvalue weighted by Gasteiger charge is 2.26. The molecule has 7 nitrogen and oxygen atoms in total. The van der Waals surface area contributed by atoms with E-state index in [0.29, 0.717) is 0 Å². The molecule has 2 aromatic carbocycles. The third-order valence-electron chi connectivity index (χ3n) is 5.66. The molecular weight excluding hydrogens is 376 g/mol. The monoisotopic (exact) mass is 400 g/mol. The molecule has 1 atom stereocenters. The summed E-state index contributed by atoms with van der Waals surface area (Å²) in [5.74, 6) is 0.839. The van der Waals surface area contributed by atoms with Crippen LogP contribution in [0.15, 0.2) is 54.9 Å². The second-order valence-electron chi connectivity index (χ2n) is 7.67. The Balaban J connectivity index is 1.61. The van der Waals surface area contributed by atoms with Gasteiger partial charge in [-0.25, -0.2) is 4.68 Å². The van der Waals surface area contributed by atoms with E-state index in [1.165, 1.54) is 11.1 Å². The van der Waals surface area contributed by atoms with Crippen molar-refractivity contribution in [2.45, 2.75) is 25.9 Å². The van der Waals surface area contributed by atoms with Gasteiger partial charge in [-0.3, -0.25) is 4.68 Å². The molecule has 7 heteroatoms. The number of aryl methyl sites for hydroxylation is 3. The molecule has 1 unspecified atom stereocenters. The zero-order valence-corrected chi connectivity index (χ0v) is 17.3. The van der Waals surface area contributed by atoms with Crippen molar-refractivity contribution in [2.24, 2.45) is 7.05 Å². The fourth-order valence-corrected chi connectivity index (χ4v) is 4.18. The maximum absolute atomic E-state index is 5.40. The second-order valence-corrected chi connectivity index (χ2v) is 7.67. The normalized spacial score (nSPS) is 15.2. The summed E-state index contributed by atoms with van der Waals surface area (Å²) in [6.07, 6.45) is 4.84. The minimum Gasteiger partial charge on any atom is -0.497 e. The van der Waals surface area contributed by atoms with Crippen molar-refractivity contribution >= 4 is 5.69 Å². The molecule has 152 valence electrons. The SMILES string of the molecule is COc1cccc(NC2CCn3nnc(C)c3-c3ccc(-c4cnn(C)c4)cc32)c1. The van der Waals surface area contributed by atoms with Gasteiger partial charge in [0.15, 0.2) is 0 Å². The number of fused-ring (bicyclic) bond motifs is 3. The van der Waals surface area contributed by atoms with Gasteiger partial charge in [0.2, 0.25) is 0 Å². The molecule has 1 N–H and O–H groups in total. The molecule has 30 heavy (non-hydrogen) atoms. The third kappa shape index (κ3) is 3.22. The molecule has 0 aliphatic carbocycles. The zero-order chi connectivity index (χ0) is 20.7. The molecule has 1 aliphatic rings. The van der Waals surface area contributed by atoms with Gasteiger partial charge in [0, 0.05) is 42.7 Å². The average molecular weight is 400 g/mol. The molecule has 5 rings (SSSR count). The van der Waals surface area contributed by atoms with E-state index in [9.17, 15) is 0 Å². The summed E-state index contributed by atoms with van der Waals surface area (Å²) in [5, 5.41) is 16.7. The van der Waals surface area contributed by atoms with Gasteiger partial charge in [0.05, 0.1) is 30.7 Å². The lowest BCUT2D eigenvalue weighted by atomic mass is 9.93. The summed E-state index contributed by atoms with van der Waals surface area (Å²) >= 11 is 0. The minimum atomic E-state index is 0.129. The summed E-state index contributed by atoms with van der Waals surface area (Å²) < 4.78 is 9.25. The highest BCUT2D eigenvalue weighted by Crippen LogP contribution is 2.39. The van der Waals surface area contributed by atoms with Crippen LogP contribution < -0.4 is 10.1 Å². The maximum atomic E-state index is 5.40. The number of rotatable bonds is 4. The predicted molar refractivity (Wildman–Crippen MR) is 116 cm³/mol. The van der Waals surface area contributed by atoms with Crippen molar-refractivity contribution in [3.05, 3.63) is 66.1 Å². The summed E-state index contributed by atoms with van der Waals surface area (Å²) in [6, 6.07) is 14.8. The standard InChI is InChI=1S/C23H24N6O/c1-15-23-20-8-7-16(17-13-24-28(2)14-17)11-21(20)22(9-10-29(23)27-26-15)25-18-5-4-6-19(12-18)30-3/h4-8,11-14,22,25H,9-10H2,1-3H3. The number of nitrogens with zero attached hydrogens (tertiary/aromatic N) is 5. The molecular formula is C23H24N6O. The highest BCUT2D eigenvalue weighted by molar-refractivity contribution is 5.74. The number of aromatic nitrogens is 5. The van der Waals surface area contributed by atoms with E-state index in [0.717, 1.165) is 46.9 Å². The van der Waals surface area contributed by atoms with Gasteiger partial charge in [-0.1, -0.05) is 23.4 Å². The van der Waals surface area contributed by atoms with Crippen LogP contribution in [0.25, 0.3) is 22.4 Å². The topological polar surface area (TPSA) is 69.8 Å². The fourth-order valence-electron chi connectivity index (χ4n) is 4.18. The lowest BCUT2D eigenvalue weighted by Crippen LogP contribution is -2.12. The van der Waals surface area contributed by atoms with Crippen molar-refractivity contribution in [1.29, 1.82) is 0 Å². The van der Waals surface area contributed by atoms with Crippen LogP contribution in [0.3, 0.4) is 0 Å². The average Bonchev–Trinajstić information content (AvgIpc) is 3.32. The lowest BCUT2D eigenvalue weighted by molar-refractivity contribution is 0.415. The molecule has 0 bridgehead atoms. The Morgan fingerprint density at radius 2 is 2.03 bits per heavy atom. The largest absolute Gasteiger partial charge is 0.497 e. The number of benzene rings is 2. The first-order valence-electron chi connectivity index (χ1n) is 10.1. The smallest absolute Gasteiger partial charge is 0.120 e. The first-order chi connectivity index (χ1) is 14.6. The number of ether oxygens (including phenoxy) is 1. The Labute approximate surface area is 175 Å².